The maximum Gasteiger partial charge on any atom is 0.255 e. The van der Waals surface area contributed by atoms with Gasteiger partial charge in [0.2, 0.25) is 11.9 Å². The highest BCUT2D eigenvalue weighted by molar-refractivity contribution is 6.09. The Balaban J connectivity index is 1.63. The van der Waals surface area contributed by atoms with Crippen molar-refractivity contribution in [1.29, 1.82) is 5.41 Å². The lowest BCUT2D eigenvalue weighted by Crippen LogP contribution is -2.49. The molecule has 6 nitrogen and oxygen atoms in total. The average molecular weight is 385 g/mol. The number of nitrogens with one attached hydrogen (secondary N) is 2. The van der Waals surface area contributed by atoms with Crippen molar-refractivity contribution in [2.75, 3.05) is 13.6 Å². The van der Waals surface area contributed by atoms with Crippen LogP contribution in [0.2, 0.25) is 0 Å². The third-order valence-corrected chi connectivity index (χ3v) is 6.26. The summed E-state index contributed by atoms with van der Waals surface area (Å²) in [5, 5.41) is 11.4. The molecule has 1 heterocycles. The van der Waals surface area contributed by atoms with E-state index in [4.69, 9.17) is 5.41 Å². The number of carbonyl (C=O) groups excluding carboxylic acids is 2. The number of benzene rings is 1. The van der Waals surface area contributed by atoms with Gasteiger partial charge >= 0.3 is 0 Å². The molecule has 6 heteroatoms. The maximum atomic E-state index is 13.1. The molecule has 1 aromatic rings. The summed E-state index contributed by atoms with van der Waals surface area (Å²) in [7, 11) is 1.73. The van der Waals surface area contributed by atoms with Gasteiger partial charge in [0.15, 0.2) is 0 Å². The van der Waals surface area contributed by atoms with Crippen LogP contribution in [-0.2, 0) is 16.1 Å². The van der Waals surface area contributed by atoms with Gasteiger partial charge in [0.25, 0.3) is 5.91 Å². The molecule has 1 aromatic carbocycles. The standard InChI is InChI=1S/C22H32N4O2/c1-16-8-7-11-18(12-16)15-26-20(28)22(2,25(3)21(26)23)13-19(27)24-14-17-9-5-4-6-10-17/h7-8,11-12,17,23H,4-6,9-10,13-15H2,1-3H3,(H,24,27). The molecule has 0 radical (unpaired) electrons. The van der Waals surface area contributed by atoms with E-state index < -0.39 is 5.54 Å². The molecule has 2 fully saturated rings. The lowest BCUT2D eigenvalue weighted by molar-refractivity contribution is -0.136. The molecule has 2 amide bonds. The second-order valence-corrected chi connectivity index (χ2v) is 8.52. The summed E-state index contributed by atoms with van der Waals surface area (Å²) in [4.78, 5) is 28.8. The minimum Gasteiger partial charge on any atom is -0.356 e. The summed E-state index contributed by atoms with van der Waals surface area (Å²) in [6.07, 6.45) is 6.19. The van der Waals surface area contributed by atoms with Crippen LogP contribution in [0.4, 0.5) is 0 Å². The van der Waals surface area contributed by atoms with Crippen molar-refractivity contribution in [3.05, 3.63) is 35.4 Å². The number of aryl methyl sites for hydroxylation is 1. The fourth-order valence-corrected chi connectivity index (χ4v) is 4.30. The van der Waals surface area contributed by atoms with Gasteiger partial charge in [0.05, 0.1) is 13.0 Å². The van der Waals surface area contributed by atoms with Crippen LogP contribution in [0.5, 0.6) is 0 Å². The van der Waals surface area contributed by atoms with Crippen LogP contribution in [0, 0.1) is 18.3 Å². The first-order chi connectivity index (χ1) is 13.3. The van der Waals surface area contributed by atoms with Crippen LogP contribution >= 0.6 is 0 Å². The number of rotatable bonds is 6. The smallest absolute Gasteiger partial charge is 0.255 e. The Labute approximate surface area is 167 Å². The largest absolute Gasteiger partial charge is 0.356 e. The van der Waals surface area contributed by atoms with Gasteiger partial charge in [0.1, 0.15) is 5.54 Å². The van der Waals surface area contributed by atoms with Crippen LogP contribution < -0.4 is 5.32 Å². The highest BCUT2D eigenvalue weighted by Crippen LogP contribution is 2.30. The molecule has 3 rings (SSSR count). The molecular formula is C22H32N4O2. The normalized spacial score (nSPS) is 23.4. The van der Waals surface area contributed by atoms with Crippen LogP contribution in [0.3, 0.4) is 0 Å². The predicted molar refractivity (Wildman–Crippen MR) is 110 cm³/mol. The molecule has 1 aliphatic heterocycles. The summed E-state index contributed by atoms with van der Waals surface area (Å²) in [6, 6.07) is 7.94. The third kappa shape index (κ3) is 4.21. The van der Waals surface area contributed by atoms with Crippen LogP contribution in [0.25, 0.3) is 0 Å². The number of likely N-dealkylation sites (N-methyl/N-ethyl adjacent to an activating group) is 1. The summed E-state index contributed by atoms with van der Waals surface area (Å²) in [5.74, 6) is 0.403. The van der Waals surface area contributed by atoms with E-state index in [2.05, 4.69) is 5.32 Å². The van der Waals surface area contributed by atoms with E-state index in [9.17, 15) is 9.59 Å². The van der Waals surface area contributed by atoms with Gasteiger partial charge in [-0.05, 0) is 38.2 Å². The van der Waals surface area contributed by atoms with Crippen LogP contribution in [0.15, 0.2) is 24.3 Å². The molecule has 28 heavy (non-hydrogen) atoms. The van der Waals surface area contributed by atoms with Gasteiger partial charge in [-0.15, -0.1) is 0 Å². The Morgan fingerprint density at radius 3 is 2.68 bits per heavy atom. The van der Waals surface area contributed by atoms with Crippen molar-refractivity contribution in [2.24, 2.45) is 5.92 Å². The van der Waals surface area contributed by atoms with Gasteiger partial charge in [-0.2, -0.15) is 0 Å². The van der Waals surface area contributed by atoms with Crippen molar-refractivity contribution >= 4 is 17.8 Å². The molecule has 0 bridgehead atoms. The van der Waals surface area contributed by atoms with E-state index in [0.29, 0.717) is 19.0 Å². The zero-order chi connectivity index (χ0) is 20.3. The molecule has 1 atom stereocenters. The van der Waals surface area contributed by atoms with Crippen molar-refractivity contribution < 1.29 is 9.59 Å². The summed E-state index contributed by atoms with van der Waals surface area (Å²) < 4.78 is 0. The Kier molecular flexibility index (Phi) is 6.06. The zero-order valence-electron chi connectivity index (χ0n) is 17.3. The molecule has 2 N–H and O–H groups in total. The van der Waals surface area contributed by atoms with Gasteiger partial charge in [-0.3, -0.25) is 19.9 Å². The molecule has 0 aromatic heterocycles. The molecule has 1 aliphatic carbocycles. The Hall–Kier alpha value is -2.37. The number of nitrogens with zero attached hydrogens (tertiary/aromatic N) is 2. The summed E-state index contributed by atoms with van der Waals surface area (Å²) in [6.45, 7) is 4.81. The highest BCUT2D eigenvalue weighted by Gasteiger charge is 2.51. The molecule has 1 saturated carbocycles. The predicted octanol–water partition coefficient (Wildman–Crippen LogP) is 3.05. The molecule has 1 unspecified atom stereocenters. The maximum absolute atomic E-state index is 13.1. The van der Waals surface area contributed by atoms with Crippen molar-refractivity contribution in [3.63, 3.8) is 0 Å². The SMILES string of the molecule is Cc1cccc(CN2C(=N)N(C)C(C)(CC(=O)NCC3CCCCC3)C2=O)c1. The average Bonchev–Trinajstić information content (AvgIpc) is 2.83. The van der Waals surface area contributed by atoms with Gasteiger partial charge in [0, 0.05) is 13.6 Å². The summed E-state index contributed by atoms with van der Waals surface area (Å²) >= 11 is 0. The first kappa shape index (κ1) is 20.4. The third-order valence-electron chi connectivity index (χ3n) is 6.26. The lowest BCUT2D eigenvalue weighted by atomic mass is 9.89. The summed E-state index contributed by atoms with van der Waals surface area (Å²) in [5.41, 5.74) is 1.09. The molecule has 1 saturated heterocycles. The molecule has 152 valence electrons. The first-order valence-electron chi connectivity index (χ1n) is 10.3. The number of amides is 2. The minimum atomic E-state index is -1.02. The molecule has 0 spiro atoms. The van der Waals surface area contributed by atoms with Crippen LogP contribution in [0.1, 0.15) is 56.6 Å². The molecule has 2 aliphatic rings. The number of carbonyl (C=O) groups is 2. The Bertz CT molecular complexity index is 757. The number of hydrogen-bond donors (Lipinski definition) is 2. The Morgan fingerprint density at radius 1 is 1.29 bits per heavy atom. The quantitative estimate of drug-likeness (QED) is 0.791. The van der Waals surface area contributed by atoms with Crippen molar-refractivity contribution in [1.82, 2.24) is 15.1 Å². The van der Waals surface area contributed by atoms with Crippen molar-refractivity contribution in [3.8, 4) is 0 Å². The van der Waals surface area contributed by atoms with Gasteiger partial charge in [-0.1, -0.05) is 49.1 Å². The van der Waals surface area contributed by atoms with E-state index in [0.717, 1.165) is 11.1 Å². The Morgan fingerprint density at radius 2 is 2.00 bits per heavy atom. The minimum absolute atomic E-state index is 0.0712. The van der Waals surface area contributed by atoms with Gasteiger partial charge < -0.3 is 10.2 Å². The highest BCUT2D eigenvalue weighted by atomic mass is 16.2. The topological polar surface area (TPSA) is 76.5 Å². The van der Waals surface area contributed by atoms with E-state index in [1.807, 2.05) is 31.2 Å². The van der Waals surface area contributed by atoms with Crippen LogP contribution in [-0.4, -0.2) is 46.7 Å². The second-order valence-electron chi connectivity index (χ2n) is 8.52. The lowest BCUT2D eigenvalue weighted by Gasteiger charge is -2.29. The van der Waals surface area contributed by atoms with E-state index >= 15 is 0 Å². The van der Waals surface area contributed by atoms with Crippen molar-refractivity contribution in [2.45, 2.75) is 64.5 Å². The van der Waals surface area contributed by atoms with E-state index in [-0.39, 0.29) is 24.2 Å². The number of guanidine groups is 1. The monoisotopic (exact) mass is 384 g/mol. The fourth-order valence-electron chi connectivity index (χ4n) is 4.30. The second kappa shape index (κ2) is 8.33. The fraction of sp³-hybridized carbons (Fsp3) is 0.591. The van der Waals surface area contributed by atoms with E-state index in [1.54, 1.807) is 18.9 Å². The molecular weight excluding hydrogens is 352 g/mol. The number of hydrogen-bond acceptors (Lipinski definition) is 3. The van der Waals surface area contributed by atoms with E-state index in [1.165, 1.54) is 37.0 Å². The first-order valence-corrected chi connectivity index (χ1v) is 10.3. The zero-order valence-corrected chi connectivity index (χ0v) is 17.3. The van der Waals surface area contributed by atoms with Gasteiger partial charge in [-0.25, -0.2) is 0 Å².